The normalized spacial score (nSPS) is 12.9. The van der Waals surface area contributed by atoms with Gasteiger partial charge in [-0.05, 0) is 24.0 Å². The van der Waals surface area contributed by atoms with Crippen molar-refractivity contribution in [2.75, 3.05) is 0 Å². The van der Waals surface area contributed by atoms with Crippen LogP contribution >= 0.6 is 0 Å². The van der Waals surface area contributed by atoms with Crippen LogP contribution in [0.3, 0.4) is 0 Å². The fraction of sp³-hybridized carbons (Fsp3) is 0.643. The molecule has 0 saturated carbocycles. The summed E-state index contributed by atoms with van der Waals surface area (Å²) in [5, 5.41) is 0. The lowest BCUT2D eigenvalue weighted by atomic mass is 9.89. The molecule has 1 aromatic heterocycles. The average molecular weight is 221 g/mol. The molecule has 2 nitrogen and oxygen atoms in total. The Morgan fingerprint density at radius 3 is 2.12 bits per heavy atom. The quantitative estimate of drug-likeness (QED) is 0.756. The van der Waals surface area contributed by atoms with Crippen LogP contribution in [0.5, 0.6) is 0 Å². The summed E-state index contributed by atoms with van der Waals surface area (Å²) in [6, 6.07) is 3.92. The van der Waals surface area contributed by atoms with E-state index in [1.807, 2.05) is 32.9 Å². The van der Waals surface area contributed by atoms with E-state index in [1.54, 1.807) is 0 Å². The maximum Gasteiger partial charge on any atom is 0.184 e. The number of carbonyl (C=O) groups excluding carboxylic acids is 1. The summed E-state index contributed by atoms with van der Waals surface area (Å²) < 4.78 is 0. The van der Waals surface area contributed by atoms with Gasteiger partial charge in [0.25, 0.3) is 0 Å². The summed E-state index contributed by atoms with van der Waals surface area (Å²) in [5.41, 5.74) is 1.79. The Morgan fingerprint density at radius 1 is 1.12 bits per heavy atom. The highest BCUT2D eigenvalue weighted by atomic mass is 16.1. The minimum Gasteiger partial charge on any atom is -0.356 e. The second kappa shape index (κ2) is 4.08. The third-order valence-corrected chi connectivity index (χ3v) is 2.39. The maximum atomic E-state index is 12.0. The number of aromatic nitrogens is 1. The molecule has 0 spiro atoms. The first kappa shape index (κ1) is 13.0. The standard InChI is InChI=1S/C14H23NO/c1-13(2,3)9-10-7-8-11(15-10)12(16)14(4,5)6/h7-8,15H,9H2,1-6H3. The van der Waals surface area contributed by atoms with Crippen LogP contribution in [0.4, 0.5) is 0 Å². The van der Waals surface area contributed by atoms with Crippen molar-refractivity contribution in [3.05, 3.63) is 23.5 Å². The molecule has 0 saturated heterocycles. The third-order valence-electron chi connectivity index (χ3n) is 2.39. The Kier molecular flexibility index (Phi) is 3.32. The number of rotatable bonds is 2. The summed E-state index contributed by atoms with van der Waals surface area (Å²) in [4.78, 5) is 15.2. The van der Waals surface area contributed by atoms with E-state index in [-0.39, 0.29) is 16.6 Å². The van der Waals surface area contributed by atoms with Crippen LogP contribution < -0.4 is 0 Å². The zero-order valence-electron chi connectivity index (χ0n) is 11.3. The molecule has 0 radical (unpaired) electrons. The van der Waals surface area contributed by atoms with Crippen molar-refractivity contribution in [3.63, 3.8) is 0 Å². The van der Waals surface area contributed by atoms with E-state index in [4.69, 9.17) is 0 Å². The molecule has 0 amide bonds. The lowest BCUT2D eigenvalue weighted by Gasteiger charge is -2.17. The molecule has 0 aliphatic rings. The van der Waals surface area contributed by atoms with Gasteiger partial charge in [0.05, 0.1) is 5.69 Å². The molecule has 0 aliphatic heterocycles. The van der Waals surface area contributed by atoms with Crippen molar-refractivity contribution in [2.24, 2.45) is 10.8 Å². The highest BCUT2D eigenvalue weighted by Crippen LogP contribution is 2.23. The molecule has 0 fully saturated rings. The van der Waals surface area contributed by atoms with Crippen molar-refractivity contribution in [1.29, 1.82) is 0 Å². The lowest BCUT2D eigenvalue weighted by molar-refractivity contribution is 0.0853. The van der Waals surface area contributed by atoms with Crippen molar-refractivity contribution in [2.45, 2.75) is 48.0 Å². The lowest BCUT2D eigenvalue weighted by Crippen LogP contribution is -2.20. The first-order valence-electron chi connectivity index (χ1n) is 5.82. The van der Waals surface area contributed by atoms with Gasteiger partial charge in [0.1, 0.15) is 0 Å². The monoisotopic (exact) mass is 221 g/mol. The van der Waals surface area contributed by atoms with E-state index in [0.717, 1.165) is 17.8 Å². The molecule has 0 aromatic carbocycles. The number of hydrogen-bond acceptors (Lipinski definition) is 1. The van der Waals surface area contributed by atoms with Crippen molar-refractivity contribution >= 4 is 5.78 Å². The number of hydrogen-bond donors (Lipinski definition) is 1. The smallest absolute Gasteiger partial charge is 0.184 e. The number of ketones is 1. The molecule has 1 aromatic rings. The van der Waals surface area contributed by atoms with Crippen LogP contribution in [0.15, 0.2) is 12.1 Å². The first-order chi connectivity index (χ1) is 7.09. The molecule has 1 rings (SSSR count). The largest absolute Gasteiger partial charge is 0.356 e. The topological polar surface area (TPSA) is 32.9 Å². The maximum absolute atomic E-state index is 12.0. The van der Waals surface area contributed by atoms with Gasteiger partial charge in [-0.3, -0.25) is 4.79 Å². The van der Waals surface area contributed by atoms with Crippen LogP contribution in [0.2, 0.25) is 0 Å². The molecule has 0 unspecified atom stereocenters. The van der Waals surface area contributed by atoms with E-state index in [2.05, 4.69) is 25.8 Å². The Hall–Kier alpha value is -1.05. The van der Waals surface area contributed by atoms with Gasteiger partial charge in [0, 0.05) is 11.1 Å². The van der Waals surface area contributed by atoms with Crippen molar-refractivity contribution in [3.8, 4) is 0 Å². The minimum atomic E-state index is -0.316. The summed E-state index contributed by atoms with van der Waals surface area (Å²) in [5.74, 6) is 0.174. The van der Waals surface area contributed by atoms with Crippen LogP contribution in [0, 0.1) is 10.8 Å². The van der Waals surface area contributed by atoms with Gasteiger partial charge in [0.2, 0.25) is 0 Å². The van der Waals surface area contributed by atoms with Crippen LogP contribution in [0.1, 0.15) is 57.7 Å². The fourth-order valence-corrected chi connectivity index (χ4v) is 1.65. The molecule has 1 heterocycles. The van der Waals surface area contributed by atoms with E-state index < -0.39 is 0 Å². The van der Waals surface area contributed by atoms with E-state index >= 15 is 0 Å². The van der Waals surface area contributed by atoms with E-state index in [9.17, 15) is 4.79 Å². The van der Waals surface area contributed by atoms with Crippen LogP contribution in [-0.4, -0.2) is 10.8 Å². The molecule has 0 bridgehead atoms. The molecule has 90 valence electrons. The number of Topliss-reactive ketones (excluding diaryl/α,β-unsaturated/α-hetero) is 1. The van der Waals surface area contributed by atoms with E-state index in [0.29, 0.717) is 0 Å². The Balaban J connectivity index is 2.84. The summed E-state index contributed by atoms with van der Waals surface area (Å²) >= 11 is 0. The summed E-state index contributed by atoms with van der Waals surface area (Å²) in [7, 11) is 0. The number of aromatic amines is 1. The van der Waals surface area contributed by atoms with Gasteiger partial charge in [-0.15, -0.1) is 0 Å². The molecular weight excluding hydrogens is 198 g/mol. The molecule has 0 aliphatic carbocycles. The van der Waals surface area contributed by atoms with Crippen molar-refractivity contribution < 1.29 is 4.79 Å². The summed E-state index contributed by atoms with van der Waals surface area (Å²) in [6.07, 6.45) is 0.963. The Morgan fingerprint density at radius 2 is 1.69 bits per heavy atom. The predicted octanol–water partition coefficient (Wildman–Crippen LogP) is 3.83. The second-order valence-electron chi connectivity index (χ2n) is 6.71. The number of carbonyl (C=O) groups is 1. The van der Waals surface area contributed by atoms with Gasteiger partial charge in [-0.2, -0.15) is 0 Å². The molecule has 1 N–H and O–H groups in total. The van der Waals surface area contributed by atoms with Gasteiger partial charge < -0.3 is 4.98 Å². The Bertz CT molecular complexity index is 374. The third kappa shape index (κ3) is 3.51. The average Bonchev–Trinajstić information content (AvgIpc) is 2.46. The second-order valence-corrected chi connectivity index (χ2v) is 6.71. The van der Waals surface area contributed by atoms with Gasteiger partial charge in [0.15, 0.2) is 5.78 Å². The van der Waals surface area contributed by atoms with Gasteiger partial charge in [-0.25, -0.2) is 0 Å². The molecule has 0 atom stereocenters. The molecule has 2 heteroatoms. The fourth-order valence-electron chi connectivity index (χ4n) is 1.65. The van der Waals surface area contributed by atoms with Gasteiger partial charge in [-0.1, -0.05) is 41.5 Å². The Labute approximate surface area is 98.5 Å². The van der Waals surface area contributed by atoms with Crippen LogP contribution in [0.25, 0.3) is 0 Å². The molecule has 16 heavy (non-hydrogen) atoms. The molecular formula is C14H23NO. The number of H-pyrrole nitrogens is 1. The minimum absolute atomic E-state index is 0.174. The SMILES string of the molecule is CC(C)(C)Cc1ccc(C(=O)C(C)(C)C)[nH]1. The highest BCUT2D eigenvalue weighted by molar-refractivity contribution is 5.98. The van der Waals surface area contributed by atoms with Crippen molar-refractivity contribution in [1.82, 2.24) is 4.98 Å². The van der Waals surface area contributed by atoms with E-state index in [1.165, 1.54) is 0 Å². The highest BCUT2D eigenvalue weighted by Gasteiger charge is 2.24. The predicted molar refractivity (Wildman–Crippen MR) is 67.7 cm³/mol. The van der Waals surface area contributed by atoms with Crippen LogP contribution in [-0.2, 0) is 6.42 Å². The zero-order chi connectivity index (χ0) is 12.6. The first-order valence-corrected chi connectivity index (χ1v) is 5.82. The van der Waals surface area contributed by atoms with Gasteiger partial charge >= 0.3 is 0 Å². The number of nitrogens with one attached hydrogen (secondary N) is 1. The zero-order valence-corrected chi connectivity index (χ0v) is 11.3. The summed E-state index contributed by atoms with van der Waals surface area (Å²) in [6.45, 7) is 12.4.